The standard InChI is InChI=1S/C12H27N3O2/c1-6-7-13-12(2,11(16)17)10-15(5)9-8-14(3)4/h13H,6-10H2,1-5H3,(H,16,17). The van der Waals surface area contributed by atoms with Gasteiger partial charge in [-0.3, -0.25) is 4.79 Å². The van der Waals surface area contributed by atoms with E-state index in [1.165, 1.54) is 0 Å². The summed E-state index contributed by atoms with van der Waals surface area (Å²) in [4.78, 5) is 15.4. The van der Waals surface area contributed by atoms with E-state index in [0.717, 1.165) is 26.1 Å². The molecule has 0 saturated carbocycles. The van der Waals surface area contributed by atoms with Crippen molar-refractivity contribution < 1.29 is 9.90 Å². The Morgan fingerprint density at radius 2 is 1.88 bits per heavy atom. The van der Waals surface area contributed by atoms with Crippen LogP contribution in [0.1, 0.15) is 20.3 Å². The number of hydrogen-bond acceptors (Lipinski definition) is 4. The maximum absolute atomic E-state index is 11.3. The molecule has 0 rings (SSSR count). The third-order valence-corrected chi connectivity index (χ3v) is 2.75. The molecule has 0 aliphatic carbocycles. The molecule has 0 bridgehead atoms. The average molecular weight is 245 g/mol. The maximum atomic E-state index is 11.3. The highest BCUT2D eigenvalue weighted by Gasteiger charge is 2.33. The van der Waals surface area contributed by atoms with Gasteiger partial charge in [0.05, 0.1) is 0 Å². The second kappa shape index (κ2) is 7.63. The fraction of sp³-hybridized carbons (Fsp3) is 0.917. The van der Waals surface area contributed by atoms with E-state index in [1.54, 1.807) is 6.92 Å². The molecule has 2 N–H and O–H groups in total. The Morgan fingerprint density at radius 3 is 2.29 bits per heavy atom. The monoisotopic (exact) mass is 245 g/mol. The minimum Gasteiger partial charge on any atom is -0.480 e. The SMILES string of the molecule is CCCNC(C)(CN(C)CCN(C)C)C(=O)O. The van der Waals surface area contributed by atoms with Gasteiger partial charge in [0.25, 0.3) is 0 Å². The highest BCUT2D eigenvalue weighted by Crippen LogP contribution is 2.06. The number of rotatable bonds is 9. The molecule has 1 atom stereocenters. The fourth-order valence-corrected chi connectivity index (χ4v) is 1.59. The number of likely N-dealkylation sites (N-methyl/N-ethyl adjacent to an activating group) is 2. The Labute approximate surface area is 105 Å². The van der Waals surface area contributed by atoms with Gasteiger partial charge in [-0.25, -0.2) is 0 Å². The molecular weight excluding hydrogens is 218 g/mol. The molecular formula is C12H27N3O2. The molecule has 0 amide bonds. The fourth-order valence-electron chi connectivity index (χ4n) is 1.59. The third-order valence-electron chi connectivity index (χ3n) is 2.75. The zero-order valence-electron chi connectivity index (χ0n) is 11.8. The van der Waals surface area contributed by atoms with Gasteiger partial charge in [0.1, 0.15) is 5.54 Å². The summed E-state index contributed by atoms with van der Waals surface area (Å²) in [6.07, 6.45) is 0.935. The largest absolute Gasteiger partial charge is 0.480 e. The first-order valence-electron chi connectivity index (χ1n) is 6.13. The Bertz CT molecular complexity index is 234. The summed E-state index contributed by atoms with van der Waals surface area (Å²) in [5.41, 5.74) is -0.864. The van der Waals surface area contributed by atoms with Crippen LogP contribution < -0.4 is 5.32 Å². The van der Waals surface area contributed by atoms with Crippen LogP contribution in [-0.4, -0.2) is 73.7 Å². The van der Waals surface area contributed by atoms with Crippen molar-refractivity contribution in [2.24, 2.45) is 0 Å². The van der Waals surface area contributed by atoms with Crippen LogP contribution in [0.4, 0.5) is 0 Å². The molecule has 0 heterocycles. The van der Waals surface area contributed by atoms with Gasteiger partial charge in [-0.1, -0.05) is 6.92 Å². The minimum atomic E-state index is -0.864. The zero-order valence-corrected chi connectivity index (χ0v) is 11.8. The first-order chi connectivity index (χ1) is 7.81. The second-order valence-electron chi connectivity index (χ2n) is 5.11. The molecule has 0 radical (unpaired) electrons. The predicted molar refractivity (Wildman–Crippen MR) is 70.4 cm³/mol. The third kappa shape index (κ3) is 6.61. The van der Waals surface area contributed by atoms with E-state index in [1.807, 2.05) is 28.1 Å². The number of nitrogens with zero attached hydrogens (tertiary/aromatic N) is 2. The molecule has 0 fully saturated rings. The van der Waals surface area contributed by atoms with Crippen molar-refractivity contribution in [1.29, 1.82) is 0 Å². The Morgan fingerprint density at radius 1 is 1.29 bits per heavy atom. The van der Waals surface area contributed by atoms with Crippen LogP contribution >= 0.6 is 0 Å². The molecule has 0 aliphatic heterocycles. The Kier molecular flexibility index (Phi) is 7.34. The van der Waals surface area contributed by atoms with E-state index in [4.69, 9.17) is 0 Å². The lowest BCUT2D eigenvalue weighted by molar-refractivity contribution is -0.144. The number of hydrogen-bond donors (Lipinski definition) is 2. The summed E-state index contributed by atoms with van der Waals surface area (Å²) in [5.74, 6) is -0.789. The molecule has 0 aromatic rings. The Hall–Kier alpha value is -0.650. The molecule has 102 valence electrons. The van der Waals surface area contributed by atoms with E-state index in [2.05, 4.69) is 15.1 Å². The first kappa shape index (κ1) is 16.4. The normalized spacial score (nSPS) is 15.2. The van der Waals surface area contributed by atoms with Crippen LogP contribution in [0.2, 0.25) is 0 Å². The lowest BCUT2D eigenvalue weighted by atomic mass is 10.0. The van der Waals surface area contributed by atoms with E-state index in [9.17, 15) is 9.90 Å². The van der Waals surface area contributed by atoms with Crippen molar-refractivity contribution in [1.82, 2.24) is 15.1 Å². The van der Waals surface area contributed by atoms with Crippen LogP contribution in [-0.2, 0) is 4.79 Å². The molecule has 5 nitrogen and oxygen atoms in total. The molecule has 0 aliphatic rings. The zero-order chi connectivity index (χ0) is 13.5. The Balaban J connectivity index is 4.28. The summed E-state index contributed by atoms with van der Waals surface area (Å²) in [6.45, 7) is 6.81. The van der Waals surface area contributed by atoms with Gasteiger partial charge < -0.3 is 20.2 Å². The van der Waals surface area contributed by atoms with Gasteiger partial charge in [-0.2, -0.15) is 0 Å². The summed E-state index contributed by atoms with van der Waals surface area (Å²) < 4.78 is 0. The molecule has 1 unspecified atom stereocenters. The molecule has 0 aromatic heterocycles. The van der Waals surface area contributed by atoms with E-state index >= 15 is 0 Å². The number of carbonyl (C=O) groups is 1. The van der Waals surface area contributed by atoms with Crippen LogP contribution in [0, 0.1) is 0 Å². The number of nitrogens with one attached hydrogen (secondary N) is 1. The van der Waals surface area contributed by atoms with Crippen molar-refractivity contribution >= 4 is 5.97 Å². The van der Waals surface area contributed by atoms with Gasteiger partial charge >= 0.3 is 5.97 Å². The van der Waals surface area contributed by atoms with Crippen molar-refractivity contribution in [2.75, 3.05) is 47.3 Å². The second-order valence-corrected chi connectivity index (χ2v) is 5.11. The lowest BCUT2D eigenvalue weighted by Crippen LogP contribution is -2.57. The highest BCUT2D eigenvalue weighted by molar-refractivity contribution is 5.78. The molecule has 0 aromatic carbocycles. The van der Waals surface area contributed by atoms with Gasteiger partial charge in [0.15, 0.2) is 0 Å². The van der Waals surface area contributed by atoms with Gasteiger partial charge in [0, 0.05) is 19.6 Å². The van der Waals surface area contributed by atoms with Crippen molar-refractivity contribution in [3.8, 4) is 0 Å². The van der Waals surface area contributed by atoms with Crippen molar-refractivity contribution in [3.63, 3.8) is 0 Å². The quantitative estimate of drug-likeness (QED) is 0.613. The van der Waals surface area contributed by atoms with Gasteiger partial charge in [-0.05, 0) is 41.0 Å². The van der Waals surface area contributed by atoms with Gasteiger partial charge in [-0.15, -0.1) is 0 Å². The molecule has 0 spiro atoms. The smallest absolute Gasteiger partial charge is 0.324 e. The lowest BCUT2D eigenvalue weighted by Gasteiger charge is -2.31. The molecule has 17 heavy (non-hydrogen) atoms. The average Bonchev–Trinajstić information content (AvgIpc) is 2.23. The number of carboxylic acid groups (broad SMARTS) is 1. The van der Waals surface area contributed by atoms with Gasteiger partial charge in [0.2, 0.25) is 0 Å². The summed E-state index contributed by atoms with van der Waals surface area (Å²) in [6, 6.07) is 0. The van der Waals surface area contributed by atoms with Crippen LogP contribution in [0.5, 0.6) is 0 Å². The summed E-state index contributed by atoms with van der Waals surface area (Å²) in [7, 11) is 5.98. The first-order valence-corrected chi connectivity index (χ1v) is 6.13. The van der Waals surface area contributed by atoms with E-state index in [-0.39, 0.29) is 0 Å². The van der Waals surface area contributed by atoms with Crippen molar-refractivity contribution in [3.05, 3.63) is 0 Å². The predicted octanol–water partition coefficient (Wildman–Crippen LogP) is 0.323. The van der Waals surface area contributed by atoms with E-state index in [0.29, 0.717) is 6.54 Å². The maximum Gasteiger partial charge on any atom is 0.324 e. The summed E-state index contributed by atoms with van der Waals surface area (Å²) in [5, 5.41) is 12.4. The van der Waals surface area contributed by atoms with Crippen LogP contribution in [0.15, 0.2) is 0 Å². The summed E-state index contributed by atoms with van der Waals surface area (Å²) >= 11 is 0. The van der Waals surface area contributed by atoms with Crippen LogP contribution in [0.25, 0.3) is 0 Å². The molecule has 0 saturated heterocycles. The van der Waals surface area contributed by atoms with Crippen LogP contribution in [0.3, 0.4) is 0 Å². The minimum absolute atomic E-state index is 0.510. The number of carboxylic acids is 1. The number of aliphatic carboxylic acids is 1. The highest BCUT2D eigenvalue weighted by atomic mass is 16.4. The molecule has 5 heteroatoms. The van der Waals surface area contributed by atoms with E-state index < -0.39 is 11.5 Å². The van der Waals surface area contributed by atoms with Crippen molar-refractivity contribution in [2.45, 2.75) is 25.8 Å². The topological polar surface area (TPSA) is 55.8 Å².